The minimum absolute atomic E-state index is 0.111. The van der Waals surface area contributed by atoms with Gasteiger partial charge in [-0.2, -0.15) is 0 Å². The molecular weight excluding hydrogens is 376 g/mol. The summed E-state index contributed by atoms with van der Waals surface area (Å²) in [5.41, 5.74) is 1.42. The Morgan fingerprint density at radius 3 is 2.36 bits per heavy atom. The van der Waals surface area contributed by atoms with E-state index in [2.05, 4.69) is 11.6 Å². The van der Waals surface area contributed by atoms with Crippen LogP contribution in [-0.2, 0) is 10.0 Å². The van der Waals surface area contributed by atoms with E-state index in [-0.39, 0.29) is 10.8 Å². The largest absolute Gasteiger partial charge is 0.497 e. The Balaban J connectivity index is 1.84. The summed E-state index contributed by atoms with van der Waals surface area (Å²) in [6.07, 6.45) is 1.95. The molecular formula is C21H26N2O4S. The van der Waals surface area contributed by atoms with Gasteiger partial charge in [0.25, 0.3) is 15.9 Å². The predicted octanol–water partition coefficient (Wildman–Crippen LogP) is 3.68. The first kappa shape index (κ1) is 20.2. The van der Waals surface area contributed by atoms with Gasteiger partial charge in [0.15, 0.2) is 0 Å². The molecule has 1 amide bonds. The summed E-state index contributed by atoms with van der Waals surface area (Å²) in [5, 5.41) is 0. The quantitative estimate of drug-likeness (QED) is 0.828. The maximum absolute atomic E-state index is 12.9. The smallest absolute Gasteiger partial charge is 0.262 e. The molecule has 1 N–H and O–H groups in total. The van der Waals surface area contributed by atoms with Crippen LogP contribution in [0.2, 0.25) is 0 Å². The third-order valence-electron chi connectivity index (χ3n) is 5.14. The second-order valence-corrected chi connectivity index (χ2v) is 8.94. The fourth-order valence-electron chi connectivity index (χ4n) is 3.29. The number of hydrogen-bond acceptors (Lipinski definition) is 4. The van der Waals surface area contributed by atoms with E-state index in [0.717, 1.165) is 12.8 Å². The number of hydrogen-bond donors (Lipinski definition) is 1. The molecule has 7 heteroatoms. The van der Waals surface area contributed by atoms with E-state index in [1.165, 1.54) is 6.07 Å². The third-order valence-corrected chi connectivity index (χ3v) is 6.66. The molecule has 1 heterocycles. The number of sulfonamides is 1. The fourth-order valence-corrected chi connectivity index (χ4v) is 4.62. The number of piperidine rings is 1. The Hall–Kier alpha value is -2.54. The zero-order chi connectivity index (χ0) is 20.3. The van der Waals surface area contributed by atoms with Gasteiger partial charge in [0.05, 0.1) is 12.0 Å². The van der Waals surface area contributed by atoms with E-state index in [4.69, 9.17) is 4.74 Å². The van der Waals surface area contributed by atoms with E-state index in [9.17, 15) is 13.2 Å². The number of ether oxygens (including phenoxy) is 1. The lowest BCUT2D eigenvalue weighted by Gasteiger charge is -2.30. The van der Waals surface area contributed by atoms with Gasteiger partial charge >= 0.3 is 0 Å². The van der Waals surface area contributed by atoms with Gasteiger partial charge in [0.1, 0.15) is 5.75 Å². The molecule has 1 aliphatic rings. The normalized spacial score (nSPS) is 15.3. The lowest BCUT2D eigenvalue weighted by atomic mass is 9.98. The predicted molar refractivity (Wildman–Crippen MR) is 109 cm³/mol. The Bertz CT molecular complexity index is 947. The second-order valence-electron chi connectivity index (χ2n) is 7.29. The average molecular weight is 403 g/mol. The lowest BCUT2D eigenvalue weighted by molar-refractivity contribution is 0.0697. The summed E-state index contributed by atoms with van der Waals surface area (Å²) < 4.78 is 33.5. The molecule has 150 valence electrons. The summed E-state index contributed by atoms with van der Waals surface area (Å²) in [5.74, 6) is 1.14. The minimum Gasteiger partial charge on any atom is -0.497 e. The van der Waals surface area contributed by atoms with Crippen LogP contribution in [0, 0.1) is 12.8 Å². The average Bonchev–Trinajstić information content (AvgIpc) is 2.68. The van der Waals surface area contributed by atoms with E-state index < -0.39 is 10.0 Å². The van der Waals surface area contributed by atoms with Crippen molar-refractivity contribution in [3.05, 3.63) is 53.6 Å². The third kappa shape index (κ3) is 4.47. The lowest BCUT2D eigenvalue weighted by Crippen LogP contribution is -2.38. The number of nitrogens with zero attached hydrogens (tertiary/aromatic N) is 1. The number of benzene rings is 2. The van der Waals surface area contributed by atoms with Gasteiger partial charge in [0.2, 0.25) is 0 Å². The number of methoxy groups -OCH3 is 1. The summed E-state index contributed by atoms with van der Waals surface area (Å²) in [4.78, 5) is 14.7. The van der Waals surface area contributed by atoms with E-state index in [1.807, 2.05) is 0 Å². The minimum atomic E-state index is -3.82. The first-order valence-corrected chi connectivity index (χ1v) is 10.9. The molecule has 1 fully saturated rings. The molecule has 0 radical (unpaired) electrons. The van der Waals surface area contributed by atoms with Crippen molar-refractivity contribution in [3.8, 4) is 5.75 Å². The number of aryl methyl sites for hydroxylation is 1. The van der Waals surface area contributed by atoms with Crippen LogP contribution < -0.4 is 9.46 Å². The monoisotopic (exact) mass is 402 g/mol. The highest BCUT2D eigenvalue weighted by atomic mass is 32.2. The summed E-state index contributed by atoms with van der Waals surface area (Å²) in [6, 6.07) is 11.5. The first-order chi connectivity index (χ1) is 13.3. The molecule has 2 aromatic rings. The van der Waals surface area contributed by atoms with Crippen molar-refractivity contribution in [2.24, 2.45) is 5.92 Å². The Labute approximate surface area is 166 Å². The van der Waals surface area contributed by atoms with Gasteiger partial charge in [-0.3, -0.25) is 9.52 Å². The SMILES string of the molecule is COc1ccc(NS(=O)(=O)c2cc(C(=O)N3CCC(C)CC3)ccc2C)cc1. The van der Waals surface area contributed by atoms with Crippen molar-refractivity contribution in [3.63, 3.8) is 0 Å². The molecule has 0 aliphatic carbocycles. The number of carbonyl (C=O) groups is 1. The maximum Gasteiger partial charge on any atom is 0.262 e. The molecule has 1 saturated heterocycles. The second kappa shape index (κ2) is 8.22. The Morgan fingerprint density at radius 2 is 1.75 bits per heavy atom. The number of anilines is 1. The van der Waals surface area contributed by atoms with Gasteiger partial charge in [-0.1, -0.05) is 13.0 Å². The molecule has 0 saturated carbocycles. The molecule has 0 bridgehead atoms. The van der Waals surface area contributed by atoms with E-state index in [0.29, 0.717) is 41.6 Å². The zero-order valence-corrected chi connectivity index (χ0v) is 17.3. The van der Waals surface area contributed by atoms with Gasteiger partial charge in [0, 0.05) is 24.3 Å². The molecule has 6 nitrogen and oxygen atoms in total. The van der Waals surface area contributed by atoms with Gasteiger partial charge in [-0.25, -0.2) is 8.42 Å². The summed E-state index contributed by atoms with van der Waals surface area (Å²) in [7, 11) is -2.27. The molecule has 0 atom stereocenters. The topological polar surface area (TPSA) is 75.7 Å². The van der Waals surface area contributed by atoms with Crippen LogP contribution in [0.3, 0.4) is 0 Å². The van der Waals surface area contributed by atoms with Crippen molar-refractivity contribution in [2.45, 2.75) is 31.6 Å². The van der Waals surface area contributed by atoms with Crippen molar-refractivity contribution in [1.82, 2.24) is 4.90 Å². The number of carbonyl (C=O) groups excluding carboxylic acids is 1. The zero-order valence-electron chi connectivity index (χ0n) is 16.4. The van der Waals surface area contributed by atoms with Crippen LogP contribution in [-0.4, -0.2) is 39.4 Å². The molecule has 28 heavy (non-hydrogen) atoms. The molecule has 0 unspecified atom stereocenters. The van der Waals surface area contributed by atoms with Crippen LogP contribution in [0.1, 0.15) is 35.7 Å². The number of nitrogens with one attached hydrogen (secondary N) is 1. The Morgan fingerprint density at radius 1 is 1.11 bits per heavy atom. The Kier molecular flexibility index (Phi) is 5.93. The summed E-state index contributed by atoms with van der Waals surface area (Å²) >= 11 is 0. The highest BCUT2D eigenvalue weighted by molar-refractivity contribution is 7.92. The van der Waals surface area contributed by atoms with Crippen molar-refractivity contribution in [2.75, 3.05) is 24.9 Å². The molecule has 0 spiro atoms. The standard InChI is InChI=1S/C21H26N2O4S/c1-15-10-12-23(13-11-15)21(24)17-5-4-16(2)20(14-17)28(25,26)22-18-6-8-19(27-3)9-7-18/h4-9,14-15,22H,10-13H2,1-3H3. The number of amides is 1. The van der Waals surface area contributed by atoms with Crippen molar-refractivity contribution < 1.29 is 17.9 Å². The van der Waals surface area contributed by atoms with Crippen LogP contribution in [0.4, 0.5) is 5.69 Å². The maximum atomic E-state index is 12.9. The summed E-state index contributed by atoms with van der Waals surface area (Å²) in [6.45, 7) is 5.32. The number of rotatable bonds is 5. The molecule has 3 rings (SSSR count). The molecule has 0 aromatic heterocycles. The van der Waals surface area contributed by atoms with Crippen LogP contribution in [0.5, 0.6) is 5.75 Å². The van der Waals surface area contributed by atoms with Crippen molar-refractivity contribution >= 4 is 21.6 Å². The highest BCUT2D eigenvalue weighted by Gasteiger charge is 2.24. The van der Waals surface area contributed by atoms with E-state index in [1.54, 1.807) is 55.3 Å². The highest BCUT2D eigenvalue weighted by Crippen LogP contribution is 2.24. The van der Waals surface area contributed by atoms with Gasteiger partial charge in [-0.15, -0.1) is 0 Å². The van der Waals surface area contributed by atoms with Crippen LogP contribution in [0.25, 0.3) is 0 Å². The van der Waals surface area contributed by atoms with Gasteiger partial charge < -0.3 is 9.64 Å². The first-order valence-electron chi connectivity index (χ1n) is 9.37. The van der Waals surface area contributed by atoms with Crippen LogP contribution in [0.15, 0.2) is 47.4 Å². The van der Waals surface area contributed by atoms with Crippen molar-refractivity contribution in [1.29, 1.82) is 0 Å². The number of likely N-dealkylation sites (tertiary alicyclic amines) is 1. The van der Waals surface area contributed by atoms with Crippen LogP contribution >= 0.6 is 0 Å². The molecule has 1 aliphatic heterocycles. The van der Waals surface area contributed by atoms with E-state index >= 15 is 0 Å². The van der Waals surface area contributed by atoms with Gasteiger partial charge in [-0.05, 0) is 67.6 Å². The fraction of sp³-hybridized carbons (Fsp3) is 0.381. The molecule has 2 aromatic carbocycles.